The molecule has 2 saturated carbocycles. The van der Waals surface area contributed by atoms with Crippen LogP contribution in [-0.2, 0) is 9.47 Å². The van der Waals surface area contributed by atoms with Crippen molar-refractivity contribution in [1.29, 1.82) is 5.26 Å². The van der Waals surface area contributed by atoms with Crippen molar-refractivity contribution in [2.24, 2.45) is 5.41 Å². The lowest BCUT2D eigenvalue weighted by atomic mass is 9.83. The Hall–Kier alpha value is -2.87. The lowest BCUT2D eigenvalue weighted by molar-refractivity contribution is 0.0182. The normalized spacial score (nSPS) is 23.1. The second-order valence-corrected chi connectivity index (χ2v) is 10.7. The van der Waals surface area contributed by atoms with Gasteiger partial charge in [-0.05, 0) is 57.4 Å². The summed E-state index contributed by atoms with van der Waals surface area (Å²) in [5, 5.41) is 13.2. The molecule has 0 spiro atoms. The summed E-state index contributed by atoms with van der Waals surface area (Å²) in [6.07, 6.45) is 12.4. The third-order valence-corrected chi connectivity index (χ3v) is 8.01. The first-order valence-electron chi connectivity index (χ1n) is 13.7. The molecule has 1 aliphatic heterocycles. The van der Waals surface area contributed by atoms with Crippen LogP contribution in [0.25, 0.3) is 11.3 Å². The molecule has 0 unspecified atom stereocenters. The third-order valence-electron chi connectivity index (χ3n) is 8.01. The van der Waals surface area contributed by atoms with E-state index in [2.05, 4.69) is 31.2 Å². The highest BCUT2D eigenvalue weighted by Crippen LogP contribution is 2.35. The van der Waals surface area contributed by atoms with Crippen molar-refractivity contribution in [3.8, 4) is 23.2 Å². The topological polar surface area (TPSA) is 105 Å². The minimum Gasteiger partial charge on any atom is -0.475 e. The van der Waals surface area contributed by atoms with Gasteiger partial charge in [-0.15, -0.1) is 0 Å². The van der Waals surface area contributed by atoms with E-state index in [0.717, 1.165) is 44.9 Å². The summed E-state index contributed by atoms with van der Waals surface area (Å²) in [5.74, 6) is 0.422. The standard InChI is InChI=1S/C28H37FN6O3/c1-36-13-10-35(22-6-7-22)21-4-2-20(3-5-21)33-26-14-23(24(29)15-32-26)25-16-31-17-27(34-25)38-19-28(18-30)8-11-37-12-9-28/h14-17,20-22H,2-13,19H2,1H3,(H,32,33)/t20-,21-. The Kier molecular flexibility index (Phi) is 8.67. The van der Waals surface area contributed by atoms with E-state index in [1.165, 1.54) is 31.4 Å². The van der Waals surface area contributed by atoms with Crippen molar-refractivity contribution in [3.05, 3.63) is 30.5 Å². The van der Waals surface area contributed by atoms with E-state index in [1.54, 1.807) is 13.2 Å². The Bertz CT molecular complexity index is 1110. The summed E-state index contributed by atoms with van der Waals surface area (Å²) >= 11 is 0. The smallest absolute Gasteiger partial charge is 0.232 e. The van der Waals surface area contributed by atoms with Gasteiger partial charge in [-0.2, -0.15) is 5.26 Å². The minimum atomic E-state index is -0.604. The fourth-order valence-electron chi connectivity index (χ4n) is 5.55. The molecule has 2 aromatic heterocycles. The van der Waals surface area contributed by atoms with Gasteiger partial charge in [0.2, 0.25) is 5.88 Å². The van der Waals surface area contributed by atoms with Gasteiger partial charge in [-0.3, -0.25) is 9.88 Å². The van der Waals surface area contributed by atoms with Gasteiger partial charge in [-0.1, -0.05) is 0 Å². The number of aromatic nitrogens is 3. The van der Waals surface area contributed by atoms with Crippen LogP contribution in [0.15, 0.2) is 24.7 Å². The number of ether oxygens (including phenoxy) is 3. The highest BCUT2D eigenvalue weighted by molar-refractivity contribution is 5.63. The molecule has 3 fully saturated rings. The van der Waals surface area contributed by atoms with E-state index in [-0.39, 0.29) is 12.5 Å². The van der Waals surface area contributed by atoms with Gasteiger partial charge in [0.25, 0.3) is 0 Å². The number of hydrogen-bond donors (Lipinski definition) is 1. The predicted octanol–water partition coefficient (Wildman–Crippen LogP) is 4.21. The van der Waals surface area contributed by atoms with Crippen molar-refractivity contribution in [2.75, 3.05) is 45.4 Å². The minimum absolute atomic E-state index is 0.197. The summed E-state index contributed by atoms with van der Waals surface area (Å²) in [4.78, 5) is 15.6. The molecular formula is C28H37FN6O3. The number of hydrogen-bond acceptors (Lipinski definition) is 9. The molecule has 2 aromatic rings. The fourth-order valence-corrected chi connectivity index (χ4v) is 5.55. The first kappa shape index (κ1) is 26.7. The van der Waals surface area contributed by atoms with Gasteiger partial charge in [0.05, 0.1) is 42.4 Å². The van der Waals surface area contributed by atoms with Crippen molar-refractivity contribution in [3.63, 3.8) is 0 Å². The molecule has 5 rings (SSSR count). The van der Waals surface area contributed by atoms with Crippen LogP contribution >= 0.6 is 0 Å². The molecule has 1 N–H and O–H groups in total. The molecule has 3 aliphatic rings. The largest absolute Gasteiger partial charge is 0.475 e. The van der Waals surface area contributed by atoms with Gasteiger partial charge in [0.15, 0.2) is 5.82 Å². The van der Waals surface area contributed by atoms with Crippen LogP contribution in [0.5, 0.6) is 5.88 Å². The van der Waals surface area contributed by atoms with Crippen LogP contribution in [0, 0.1) is 22.6 Å². The van der Waals surface area contributed by atoms with E-state index in [1.807, 2.05) is 0 Å². The first-order valence-corrected chi connectivity index (χ1v) is 13.7. The molecule has 204 valence electrons. The maximum atomic E-state index is 14.8. The Labute approximate surface area is 223 Å². The molecule has 1 saturated heterocycles. The van der Waals surface area contributed by atoms with Gasteiger partial charge in [-0.25, -0.2) is 14.4 Å². The molecule has 3 heterocycles. The van der Waals surface area contributed by atoms with Gasteiger partial charge in [0, 0.05) is 50.6 Å². The van der Waals surface area contributed by atoms with Gasteiger partial charge < -0.3 is 19.5 Å². The molecule has 0 atom stereocenters. The predicted molar refractivity (Wildman–Crippen MR) is 140 cm³/mol. The Morgan fingerprint density at radius 3 is 2.55 bits per heavy atom. The molecule has 0 aromatic carbocycles. The number of nitriles is 1. The zero-order valence-corrected chi connectivity index (χ0v) is 22.1. The van der Waals surface area contributed by atoms with Crippen molar-refractivity contribution in [1.82, 2.24) is 19.9 Å². The molecule has 0 radical (unpaired) electrons. The maximum Gasteiger partial charge on any atom is 0.232 e. The second kappa shape index (κ2) is 12.3. The van der Waals surface area contributed by atoms with E-state index in [0.29, 0.717) is 55.2 Å². The van der Waals surface area contributed by atoms with Crippen molar-refractivity contribution < 1.29 is 18.6 Å². The summed E-state index contributed by atoms with van der Waals surface area (Å²) in [6, 6.07) is 5.70. The van der Waals surface area contributed by atoms with Gasteiger partial charge >= 0.3 is 0 Å². The monoisotopic (exact) mass is 524 g/mol. The Morgan fingerprint density at radius 2 is 1.87 bits per heavy atom. The molecule has 10 heteroatoms. The number of nitrogens with zero attached hydrogens (tertiary/aromatic N) is 5. The quantitative estimate of drug-likeness (QED) is 0.463. The van der Waals surface area contributed by atoms with Crippen LogP contribution < -0.4 is 10.1 Å². The van der Waals surface area contributed by atoms with Crippen LogP contribution in [0.1, 0.15) is 51.4 Å². The average Bonchev–Trinajstić information content (AvgIpc) is 3.80. The molecular weight excluding hydrogens is 487 g/mol. The second-order valence-electron chi connectivity index (χ2n) is 10.7. The van der Waals surface area contributed by atoms with Gasteiger partial charge in [0.1, 0.15) is 12.4 Å². The highest BCUT2D eigenvalue weighted by Gasteiger charge is 2.36. The molecule has 2 aliphatic carbocycles. The van der Waals surface area contributed by atoms with Crippen LogP contribution in [0.3, 0.4) is 0 Å². The fraction of sp³-hybridized carbons (Fsp3) is 0.643. The molecule has 9 nitrogen and oxygen atoms in total. The number of pyridine rings is 1. The Morgan fingerprint density at radius 1 is 1.13 bits per heavy atom. The van der Waals surface area contributed by atoms with E-state index in [4.69, 9.17) is 14.2 Å². The van der Waals surface area contributed by atoms with Crippen molar-refractivity contribution in [2.45, 2.75) is 69.5 Å². The number of rotatable bonds is 11. The molecule has 0 bridgehead atoms. The van der Waals surface area contributed by atoms with Crippen molar-refractivity contribution >= 4 is 5.82 Å². The van der Waals surface area contributed by atoms with Crippen LogP contribution in [-0.4, -0.2) is 78.1 Å². The summed E-state index contributed by atoms with van der Waals surface area (Å²) < 4.78 is 31.4. The van der Waals surface area contributed by atoms with Crippen LogP contribution in [0.2, 0.25) is 0 Å². The maximum absolute atomic E-state index is 14.8. The van der Waals surface area contributed by atoms with Crippen LogP contribution in [0.4, 0.5) is 10.2 Å². The number of nitrogens with one attached hydrogen (secondary N) is 1. The van der Waals surface area contributed by atoms with E-state index in [9.17, 15) is 9.65 Å². The molecule has 0 amide bonds. The summed E-state index contributed by atoms with van der Waals surface area (Å²) in [7, 11) is 1.77. The molecule has 38 heavy (non-hydrogen) atoms. The SMILES string of the molecule is COCCN(C1CC1)[C@H]1CC[C@H](Nc2cc(-c3cncc(OCC4(C#N)CCOCC4)n3)c(F)cn2)CC1. The lowest BCUT2D eigenvalue weighted by Gasteiger charge is -2.37. The Balaban J connectivity index is 1.20. The average molecular weight is 525 g/mol. The number of halogens is 1. The zero-order chi connectivity index (χ0) is 26.4. The summed E-state index contributed by atoms with van der Waals surface area (Å²) in [5.41, 5.74) is 0.0768. The van der Waals surface area contributed by atoms with E-state index >= 15 is 0 Å². The zero-order valence-electron chi connectivity index (χ0n) is 22.1. The van der Waals surface area contributed by atoms with E-state index < -0.39 is 11.2 Å². The number of methoxy groups -OCH3 is 1. The first-order chi connectivity index (χ1) is 18.6. The third kappa shape index (κ3) is 6.57. The lowest BCUT2D eigenvalue weighted by Crippen LogP contribution is -2.43. The highest BCUT2D eigenvalue weighted by atomic mass is 19.1. The summed E-state index contributed by atoms with van der Waals surface area (Å²) in [6.45, 7) is 3.05. The number of anilines is 1.